The van der Waals surface area contributed by atoms with Gasteiger partial charge in [-0.1, -0.05) is 108 Å². The van der Waals surface area contributed by atoms with Gasteiger partial charge in [-0.05, 0) is 114 Å². The molecule has 0 bridgehead atoms. The Bertz CT molecular complexity index is 2020. The lowest BCUT2D eigenvalue weighted by Gasteiger charge is -2.33. The monoisotopic (exact) mass is 638 g/mol. The average Bonchev–Trinajstić information content (AvgIpc) is 3.13. The van der Waals surface area contributed by atoms with Crippen molar-refractivity contribution in [1.29, 1.82) is 0 Å². The molecule has 0 atom stereocenters. The van der Waals surface area contributed by atoms with Crippen LogP contribution in [0.25, 0.3) is 22.3 Å². The minimum Gasteiger partial charge on any atom is -0.308 e. The second kappa shape index (κ2) is 11.6. The van der Waals surface area contributed by atoms with Crippen molar-refractivity contribution in [2.24, 2.45) is 0 Å². The lowest BCUT2D eigenvalue weighted by Crippen LogP contribution is -2.14. The third-order valence-corrected chi connectivity index (χ3v) is 11.1. The van der Waals surface area contributed by atoms with Gasteiger partial charge in [0.2, 0.25) is 0 Å². The summed E-state index contributed by atoms with van der Waals surface area (Å²) in [4.78, 5) is 9.86. The van der Waals surface area contributed by atoms with Gasteiger partial charge in [0.25, 0.3) is 0 Å². The molecule has 0 amide bonds. The normalized spacial score (nSPS) is 13.0. The highest BCUT2D eigenvalue weighted by Crippen LogP contribution is 2.52. The molecule has 0 radical (unpaired) electrons. The summed E-state index contributed by atoms with van der Waals surface area (Å²) in [6.07, 6.45) is 0. The molecule has 2 aliphatic rings. The van der Waals surface area contributed by atoms with Crippen molar-refractivity contribution in [3.05, 3.63) is 169 Å². The SMILES string of the molecule is Cc1cc(-c2ccc(N3c4ccccc4Sc4ccccc43)cc2)cc(-c2ccc(N3c4ccccc4Sc4ccccc43)cc2)c1. The van der Waals surface area contributed by atoms with Gasteiger partial charge in [0.1, 0.15) is 0 Å². The summed E-state index contributed by atoms with van der Waals surface area (Å²) < 4.78 is 0. The van der Waals surface area contributed by atoms with Gasteiger partial charge in [-0.2, -0.15) is 0 Å². The molecule has 0 N–H and O–H groups in total. The van der Waals surface area contributed by atoms with Gasteiger partial charge in [-0.15, -0.1) is 0 Å². The van der Waals surface area contributed by atoms with Gasteiger partial charge in [-0.3, -0.25) is 0 Å². The molecule has 0 saturated carbocycles. The summed E-state index contributed by atoms with van der Waals surface area (Å²) in [6, 6.07) is 59.6. The van der Waals surface area contributed by atoms with Crippen LogP contribution in [0.5, 0.6) is 0 Å². The van der Waals surface area contributed by atoms with Gasteiger partial charge in [0.15, 0.2) is 0 Å². The highest BCUT2D eigenvalue weighted by Gasteiger charge is 2.25. The fourth-order valence-electron chi connectivity index (χ4n) is 6.69. The highest BCUT2D eigenvalue weighted by molar-refractivity contribution is 8.00. The summed E-state index contributed by atoms with van der Waals surface area (Å²) in [5.74, 6) is 0. The zero-order chi connectivity index (χ0) is 31.3. The number of hydrogen-bond acceptors (Lipinski definition) is 4. The van der Waals surface area contributed by atoms with Crippen LogP contribution in [0.3, 0.4) is 0 Å². The Morgan fingerprint density at radius 2 is 0.660 bits per heavy atom. The standard InChI is InChI=1S/C43H30N2S2/c1-29-26-32(30-18-22-34(23-19-30)44-36-10-2-6-14-40(36)46-41-15-7-3-11-37(41)44)28-33(27-29)31-20-24-35(25-21-31)45-38-12-4-8-16-42(38)47-43-17-9-5-13-39(43)45/h2-28H,1H3. The molecule has 224 valence electrons. The van der Waals surface area contributed by atoms with Crippen LogP contribution in [0.15, 0.2) is 183 Å². The first-order valence-electron chi connectivity index (χ1n) is 15.8. The minimum atomic E-state index is 1.16. The molecule has 0 spiro atoms. The summed E-state index contributed by atoms with van der Waals surface area (Å²) in [5, 5.41) is 0. The van der Waals surface area contributed by atoms with Crippen LogP contribution in [0.1, 0.15) is 5.56 Å². The van der Waals surface area contributed by atoms with E-state index in [1.165, 1.54) is 70.1 Å². The van der Waals surface area contributed by atoms with E-state index in [2.05, 4.69) is 181 Å². The van der Waals surface area contributed by atoms with E-state index < -0.39 is 0 Å². The highest BCUT2D eigenvalue weighted by atomic mass is 32.2. The van der Waals surface area contributed by atoms with E-state index in [1.54, 1.807) is 0 Å². The molecular formula is C43H30N2S2. The Kier molecular flexibility index (Phi) is 6.92. The van der Waals surface area contributed by atoms with Crippen LogP contribution in [0.2, 0.25) is 0 Å². The summed E-state index contributed by atoms with van der Waals surface area (Å²) in [7, 11) is 0. The fourth-order valence-corrected chi connectivity index (χ4v) is 8.80. The van der Waals surface area contributed by atoms with Crippen molar-refractivity contribution < 1.29 is 0 Å². The molecule has 47 heavy (non-hydrogen) atoms. The number of benzene rings is 7. The average molecular weight is 639 g/mol. The lowest BCUT2D eigenvalue weighted by molar-refractivity contribution is 1.17. The molecule has 4 heteroatoms. The second-order valence-corrected chi connectivity index (χ2v) is 14.1. The van der Waals surface area contributed by atoms with Crippen molar-refractivity contribution in [2.45, 2.75) is 26.5 Å². The van der Waals surface area contributed by atoms with E-state index in [0.717, 1.165) is 11.4 Å². The van der Waals surface area contributed by atoms with Crippen LogP contribution >= 0.6 is 23.5 Å². The molecule has 2 heterocycles. The zero-order valence-corrected chi connectivity index (χ0v) is 27.4. The smallest absolute Gasteiger partial charge is 0.0601 e. The maximum Gasteiger partial charge on any atom is 0.0601 e. The summed E-state index contributed by atoms with van der Waals surface area (Å²) in [6.45, 7) is 2.19. The van der Waals surface area contributed by atoms with Crippen LogP contribution in [0, 0.1) is 6.92 Å². The van der Waals surface area contributed by atoms with Gasteiger partial charge < -0.3 is 9.80 Å². The van der Waals surface area contributed by atoms with E-state index >= 15 is 0 Å². The zero-order valence-electron chi connectivity index (χ0n) is 25.8. The first-order chi connectivity index (χ1) is 23.2. The Morgan fingerprint density at radius 1 is 0.340 bits per heavy atom. The Balaban J connectivity index is 1.04. The quantitative estimate of drug-likeness (QED) is 0.189. The third-order valence-electron chi connectivity index (χ3n) is 8.86. The van der Waals surface area contributed by atoms with E-state index in [0.29, 0.717) is 0 Å². The molecule has 0 aliphatic carbocycles. The number of hydrogen-bond donors (Lipinski definition) is 0. The Labute approximate surface area is 284 Å². The number of fused-ring (bicyclic) bond motifs is 4. The van der Waals surface area contributed by atoms with E-state index in [9.17, 15) is 0 Å². The number of aryl methyl sites for hydroxylation is 1. The largest absolute Gasteiger partial charge is 0.308 e. The van der Waals surface area contributed by atoms with Crippen molar-refractivity contribution in [3.63, 3.8) is 0 Å². The number of nitrogens with zero attached hydrogens (tertiary/aromatic N) is 2. The number of anilines is 6. The van der Waals surface area contributed by atoms with Crippen molar-refractivity contribution in [1.82, 2.24) is 0 Å². The minimum absolute atomic E-state index is 1.16. The molecule has 2 aliphatic heterocycles. The van der Waals surface area contributed by atoms with Gasteiger partial charge in [0.05, 0.1) is 22.7 Å². The van der Waals surface area contributed by atoms with Gasteiger partial charge in [0, 0.05) is 31.0 Å². The predicted octanol–water partition coefficient (Wildman–Crippen LogP) is 13.2. The van der Waals surface area contributed by atoms with Crippen LogP contribution < -0.4 is 9.80 Å². The van der Waals surface area contributed by atoms with E-state index in [-0.39, 0.29) is 0 Å². The predicted molar refractivity (Wildman–Crippen MR) is 200 cm³/mol. The van der Waals surface area contributed by atoms with Crippen LogP contribution in [-0.4, -0.2) is 0 Å². The molecular weight excluding hydrogens is 609 g/mol. The first-order valence-corrected chi connectivity index (χ1v) is 17.5. The van der Waals surface area contributed by atoms with Crippen molar-refractivity contribution in [3.8, 4) is 22.3 Å². The molecule has 0 unspecified atom stereocenters. The molecule has 0 saturated heterocycles. The third kappa shape index (κ3) is 5.01. The van der Waals surface area contributed by atoms with E-state index in [1.807, 2.05) is 23.5 Å². The lowest BCUT2D eigenvalue weighted by atomic mass is 9.96. The maximum absolute atomic E-state index is 2.38. The van der Waals surface area contributed by atoms with Crippen LogP contribution in [-0.2, 0) is 0 Å². The second-order valence-electron chi connectivity index (χ2n) is 11.9. The number of rotatable bonds is 4. The Morgan fingerprint density at radius 3 is 1.00 bits per heavy atom. The van der Waals surface area contributed by atoms with Gasteiger partial charge >= 0.3 is 0 Å². The summed E-state index contributed by atoms with van der Waals surface area (Å²) >= 11 is 3.68. The van der Waals surface area contributed by atoms with Crippen LogP contribution in [0.4, 0.5) is 34.1 Å². The van der Waals surface area contributed by atoms with E-state index in [4.69, 9.17) is 0 Å². The summed E-state index contributed by atoms with van der Waals surface area (Å²) in [5.41, 5.74) is 13.3. The van der Waals surface area contributed by atoms with Crippen molar-refractivity contribution in [2.75, 3.05) is 9.80 Å². The topological polar surface area (TPSA) is 6.48 Å². The molecule has 7 aromatic rings. The molecule has 2 nitrogen and oxygen atoms in total. The molecule has 0 fully saturated rings. The maximum atomic E-state index is 2.38. The molecule has 0 aromatic heterocycles. The molecule has 7 aromatic carbocycles. The Hall–Kier alpha value is -5.16. The fraction of sp³-hybridized carbons (Fsp3) is 0.0233. The van der Waals surface area contributed by atoms with Crippen molar-refractivity contribution >= 4 is 57.6 Å². The number of para-hydroxylation sites is 4. The molecule has 9 rings (SSSR count). The van der Waals surface area contributed by atoms with Gasteiger partial charge in [-0.25, -0.2) is 0 Å². The first kappa shape index (κ1) is 28.1.